The number of hydrogen-bond acceptors (Lipinski definition) is 3. The molecule has 1 aliphatic carbocycles. The highest BCUT2D eigenvalue weighted by Gasteiger charge is 2.19. The van der Waals surface area contributed by atoms with Crippen molar-refractivity contribution in [3.63, 3.8) is 0 Å². The molecule has 0 spiro atoms. The van der Waals surface area contributed by atoms with Gasteiger partial charge in [-0.2, -0.15) is 0 Å². The molecule has 1 aromatic heterocycles. The van der Waals surface area contributed by atoms with E-state index in [9.17, 15) is 0 Å². The van der Waals surface area contributed by atoms with E-state index in [2.05, 4.69) is 25.2 Å². The second-order valence-corrected chi connectivity index (χ2v) is 5.89. The number of hydrogen-bond donors (Lipinski definition) is 1. The minimum atomic E-state index is 0.797. The van der Waals surface area contributed by atoms with E-state index < -0.39 is 0 Å². The molecule has 90 valence electrons. The van der Waals surface area contributed by atoms with Crippen LogP contribution in [0.5, 0.6) is 0 Å². The van der Waals surface area contributed by atoms with Crippen LogP contribution in [0.1, 0.15) is 28.2 Å². The van der Waals surface area contributed by atoms with Gasteiger partial charge >= 0.3 is 0 Å². The molecule has 2 rings (SSSR count). The van der Waals surface area contributed by atoms with Gasteiger partial charge in [-0.05, 0) is 38.3 Å². The van der Waals surface area contributed by atoms with E-state index in [1.807, 2.05) is 11.3 Å². The lowest BCUT2D eigenvalue weighted by Crippen LogP contribution is -2.22. The first kappa shape index (κ1) is 12.1. The van der Waals surface area contributed by atoms with Crippen molar-refractivity contribution in [2.75, 3.05) is 19.8 Å². The first-order valence-electron chi connectivity index (χ1n) is 6.13. The fourth-order valence-electron chi connectivity index (χ4n) is 1.83. The second-order valence-electron chi connectivity index (χ2n) is 4.55. The van der Waals surface area contributed by atoms with Crippen LogP contribution in [0.2, 0.25) is 0 Å². The minimum absolute atomic E-state index is 0.797. The van der Waals surface area contributed by atoms with Gasteiger partial charge in [-0.1, -0.05) is 0 Å². The summed E-state index contributed by atoms with van der Waals surface area (Å²) in [6.45, 7) is 7.06. The molecular formula is C13H21NOS. The van der Waals surface area contributed by atoms with E-state index in [0.717, 1.165) is 32.2 Å². The SMILES string of the molecule is Cc1cc(C)c(CCOCCNC2CC2)s1. The van der Waals surface area contributed by atoms with Gasteiger partial charge in [0, 0.05) is 28.8 Å². The summed E-state index contributed by atoms with van der Waals surface area (Å²) in [4.78, 5) is 2.88. The van der Waals surface area contributed by atoms with Gasteiger partial charge in [0.2, 0.25) is 0 Å². The lowest BCUT2D eigenvalue weighted by Gasteiger charge is -2.04. The lowest BCUT2D eigenvalue weighted by molar-refractivity contribution is 0.139. The van der Waals surface area contributed by atoms with Gasteiger partial charge in [-0.15, -0.1) is 11.3 Å². The third-order valence-electron chi connectivity index (χ3n) is 2.87. The molecule has 0 aromatic carbocycles. The Morgan fingerprint density at radius 2 is 2.19 bits per heavy atom. The molecule has 0 bridgehead atoms. The van der Waals surface area contributed by atoms with Gasteiger partial charge in [-0.25, -0.2) is 0 Å². The van der Waals surface area contributed by atoms with Crippen LogP contribution in [-0.4, -0.2) is 25.8 Å². The summed E-state index contributed by atoms with van der Waals surface area (Å²) >= 11 is 1.90. The van der Waals surface area contributed by atoms with E-state index in [0.29, 0.717) is 0 Å². The topological polar surface area (TPSA) is 21.3 Å². The molecule has 0 atom stereocenters. The van der Waals surface area contributed by atoms with Crippen LogP contribution in [0.25, 0.3) is 0 Å². The van der Waals surface area contributed by atoms with E-state index >= 15 is 0 Å². The molecule has 0 aliphatic heterocycles. The second kappa shape index (κ2) is 5.80. The molecule has 1 aliphatic rings. The molecule has 0 amide bonds. The fraction of sp³-hybridized carbons (Fsp3) is 0.692. The molecule has 0 radical (unpaired) electrons. The maximum atomic E-state index is 5.62. The third-order valence-corrected chi connectivity index (χ3v) is 4.09. The van der Waals surface area contributed by atoms with Crippen LogP contribution >= 0.6 is 11.3 Å². The van der Waals surface area contributed by atoms with Gasteiger partial charge in [0.1, 0.15) is 0 Å². The van der Waals surface area contributed by atoms with E-state index in [1.165, 1.54) is 28.2 Å². The highest BCUT2D eigenvalue weighted by atomic mass is 32.1. The van der Waals surface area contributed by atoms with Crippen molar-refractivity contribution in [2.24, 2.45) is 0 Å². The summed E-state index contributed by atoms with van der Waals surface area (Å²) in [5.41, 5.74) is 1.42. The van der Waals surface area contributed by atoms with Gasteiger partial charge in [0.05, 0.1) is 13.2 Å². The molecule has 1 saturated carbocycles. The summed E-state index contributed by atoms with van der Waals surface area (Å²) in [5.74, 6) is 0. The Kier molecular flexibility index (Phi) is 4.38. The van der Waals surface area contributed by atoms with Gasteiger partial charge in [0.15, 0.2) is 0 Å². The first-order valence-corrected chi connectivity index (χ1v) is 6.94. The van der Waals surface area contributed by atoms with E-state index in [4.69, 9.17) is 4.74 Å². The van der Waals surface area contributed by atoms with Crippen molar-refractivity contribution in [3.05, 3.63) is 21.4 Å². The Morgan fingerprint density at radius 3 is 2.81 bits per heavy atom. The Labute approximate surface area is 102 Å². The van der Waals surface area contributed by atoms with Crippen molar-refractivity contribution in [1.82, 2.24) is 5.32 Å². The molecule has 16 heavy (non-hydrogen) atoms. The van der Waals surface area contributed by atoms with Crippen molar-refractivity contribution in [1.29, 1.82) is 0 Å². The Morgan fingerprint density at radius 1 is 1.38 bits per heavy atom. The van der Waals surface area contributed by atoms with E-state index in [-0.39, 0.29) is 0 Å². The Hall–Kier alpha value is -0.380. The number of rotatable bonds is 7. The number of nitrogens with one attached hydrogen (secondary N) is 1. The smallest absolute Gasteiger partial charge is 0.0591 e. The summed E-state index contributed by atoms with van der Waals surface area (Å²) < 4.78 is 5.62. The van der Waals surface area contributed by atoms with Crippen LogP contribution in [-0.2, 0) is 11.2 Å². The third kappa shape index (κ3) is 3.89. The summed E-state index contributed by atoms with van der Waals surface area (Å²) in [5, 5.41) is 3.45. The first-order chi connectivity index (χ1) is 7.75. The molecule has 0 unspecified atom stereocenters. The maximum Gasteiger partial charge on any atom is 0.0591 e. The monoisotopic (exact) mass is 239 g/mol. The zero-order valence-electron chi connectivity index (χ0n) is 10.2. The van der Waals surface area contributed by atoms with Crippen molar-refractivity contribution >= 4 is 11.3 Å². The van der Waals surface area contributed by atoms with Crippen LogP contribution in [0, 0.1) is 13.8 Å². The zero-order chi connectivity index (χ0) is 11.4. The molecule has 1 aromatic rings. The number of thiophene rings is 1. The predicted molar refractivity (Wildman–Crippen MR) is 69.3 cm³/mol. The standard InChI is InChI=1S/C13H21NOS/c1-10-9-11(2)16-13(10)5-7-15-8-6-14-12-3-4-12/h9,12,14H,3-8H2,1-2H3. The Bertz CT molecular complexity index is 331. The summed E-state index contributed by atoms with van der Waals surface area (Å²) in [6.07, 6.45) is 3.77. The molecule has 2 nitrogen and oxygen atoms in total. The number of ether oxygens (including phenoxy) is 1. The maximum absolute atomic E-state index is 5.62. The predicted octanol–water partition coefficient (Wildman–Crippen LogP) is 2.68. The highest BCUT2D eigenvalue weighted by Crippen LogP contribution is 2.21. The summed E-state index contributed by atoms with van der Waals surface area (Å²) in [7, 11) is 0. The Balaban J connectivity index is 1.54. The number of aryl methyl sites for hydroxylation is 2. The van der Waals surface area contributed by atoms with Gasteiger partial charge in [-0.3, -0.25) is 0 Å². The van der Waals surface area contributed by atoms with Crippen molar-refractivity contribution < 1.29 is 4.74 Å². The average Bonchev–Trinajstić information content (AvgIpc) is 2.99. The molecule has 1 heterocycles. The molecule has 1 fully saturated rings. The molecule has 0 saturated heterocycles. The average molecular weight is 239 g/mol. The fourth-order valence-corrected chi connectivity index (χ4v) is 2.86. The summed E-state index contributed by atoms with van der Waals surface area (Å²) in [6, 6.07) is 3.06. The lowest BCUT2D eigenvalue weighted by atomic mass is 10.2. The van der Waals surface area contributed by atoms with Crippen LogP contribution in [0.3, 0.4) is 0 Å². The van der Waals surface area contributed by atoms with Crippen molar-refractivity contribution in [3.8, 4) is 0 Å². The largest absolute Gasteiger partial charge is 0.380 e. The van der Waals surface area contributed by atoms with Gasteiger partial charge in [0.25, 0.3) is 0 Å². The zero-order valence-corrected chi connectivity index (χ0v) is 11.0. The molecule has 3 heteroatoms. The van der Waals surface area contributed by atoms with E-state index in [1.54, 1.807) is 0 Å². The molecule has 1 N–H and O–H groups in total. The van der Waals surface area contributed by atoms with Gasteiger partial charge < -0.3 is 10.1 Å². The highest BCUT2D eigenvalue weighted by molar-refractivity contribution is 7.12. The van der Waals surface area contributed by atoms with Crippen LogP contribution in [0.4, 0.5) is 0 Å². The molecular weight excluding hydrogens is 218 g/mol. The van der Waals surface area contributed by atoms with Crippen molar-refractivity contribution in [2.45, 2.75) is 39.2 Å². The minimum Gasteiger partial charge on any atom is -0.380 e. The van der Waals surface area contributed by atoms with Crippen LogP contribution in [0.15, 0.2) is 6.07 Å². The van der Waals surface area contributed by atoms with Crippen LogP contribution < -0.4 is 5.32 Å². The normalized spacial score (nSPS) is 15.6. The quantitative estimate of drug-likeness (QED) is 0.739.